The van der Waals surface area contributed by atoms with Gasteiger partial charge in [-0.25, -0.2) is 17.9 Å². The van der Waals surface area contributed by atoms with E-state index in [1.54, 1.807) is 12.1 Å². The molecular formula is C12H11FN2O3S2. The van der Waals surface area contributed by atoms with Crippen LogP contribution in [-0.2, 0) is 10.0 Å². The molecule has 1 fully saturated rings. The molecule has 0 radical (unpaired) electrons. The number of benzene rings is 1. The molecule has 1 aliphatic heterocycles. The van der Waals surface area contributed by atoms with E-state index in [0.29, 0.717) is 10.3 Å². The molecule has 1 aliphatic rings. The predicted molar refractivity (Wildman–Crippen MR) is 74.6 cm³/mol. The van der Waals surface area contributed by atoms with Crippen LogP contribution in [0.2, 0.25) is 0 Å². The van der Waals surface area contributed by atoms with Crippen molar-refractivity contribution in [3.63, 3.8) is 0 Å². The number of hydrogen-bond acceptors (Lipinski definition) is 4. The molecule has 0 spiro atoms. The highest BCUT2D eigenvalue weighted by Gasteiger charge is 2.38. The average Bonchev–Trinajstić information content (AvgIpc) is 2.67. The Kier molecular flexibility index (Phi) is 3.03. The lowest BCUT2D eigenvalue weighted by Crippen LogP contribution is -2.58. The fourth-order valence-corrected chi connectivity index (χ4v) is 3.87. The van der Waals surface area contributed by atoms with Crippen molar-refractivity contribution >= 4 is 37.4 Å². The molecule has 0 saturated carbocycles. The highest BCUT2D eigenvalue weighted by Crippen LogP contribution is 2.28. The lowest BCUT2D eigenvalue weighted by Gasteiger charge is -2.37. The van der Waals surface area contributed by atoms with Gasteiger partial charge in [0.2, 0.25) is 10.0 Å². The Labute approximate surface area is 118 Å². The van der Waals surface area contributed by atoms with Gasteiger partial charge in [-0.15, -0.1) is 11.3 Å². The standard InChI is InChI=1S/C12H11FN2O3S2/c13-8-1-2-10-7(3-8)4-11(19-10)12(16)15-5-9(6-15)20(14,17)18/h1-4,9H,5-6H2,(H2,14,17,18). The summed E-state index contributed by atoms with van der Waals surface area (Å²) < 4.78 is 36.1. The number of hydrogen-bond donors (Lipinski definition) is 1. The predicted octanol–water partition coefficient (Wildman–Crippen LogP) is 1.15. The number of sulfonamides is 1. The maximum absolute atomic E-state index is 13.1. The molecule has 0 aliphatic carbocycles. The largest absolute Gasteiger partial charge is 0.335 e. The van der Waals surface area contributed by atoms with E-state index in [2.05, 4.69) is 0 Å². The highest BCUT2D eigenvalue weighted by molar-refractivity contribution is 7.89. The summed E-state index contributed by atoms with van der Waals surface area (Å²) in [5.74, 6) is -0.598. The van der Waals surface area contributed by atoms with Crippen LogP contribution < -0.4 is 5.14 Å². The number of amides is 1. The molecule has 1 aromatic carbocycles. The van der Waals surface area contributed by atoms with Crippen LogP contribution >= 0.6 is 11.3 Å². The van der Waals surface area contributed by atoms with Crippen LogP contribution in [0.1, 0.15) is 9.67 Å². The van der Waals surface area contributed by atoms with Crippen molar-refractivity contribution in [1.29, 1.82) is 0 Å². The van der Waals surface area contributed by atoms with Gasteiger partial charge in [0.25, 0.3) is 5.91 Å². The van der Waals surface area contributed by atoms with Crippen molar-refractivity contribution in [2.45, 2.75) is 5.25 Å². The Hall–Kier alpha value is -1.51. The molecule has 3 rings (SSSR count). The number of carbonyl (C=O) groups is 1. The third-order valence-electron chi connectivity index (χ3n) is 3.29. The second kappa shape index (κ2) is 4.51. The number of primary sulfonamides is 1. The third kappa shape index (κ3) is 2.30. The molecule has 0 bridgehead atoms. The van der Waals surface area contributed by atoms with Crippen LogP contribution in [0.3, 0.4) is 0 Å². The summed E-state index contributed by atoms with van der Waals surface area (Å²) >= 11 is 1.26. The molecule has 2 aromatic rings. The normalized spacial score (nSPS) is 16.4. The number of halogens is 1. The summed E-state index contributed by atoms with van der Waals surface area (Å²) in [6, 6.07) is 5.95. The molecule has 1 amide bonds. The summed E-state index contributed by atoms with van der Waals surface area (Å²) in [7, 11) is -3.59. The van der Waals surface area contributed by atoms with E-state index >= 15 is 0 Å². The zero-order chi connectivity index (χ0) is 14.5. The fraction of sp³-hybridized carbons (Fsp3) is 0.250. The molecule has 0 atom stereocenters. The van der Waals surface area contributed by atoms with Gasteiger partial charge in [0, 0.05) is 17.8 Å². The number of thiophene rings is 1. The van der Waals surface area contributed by atoms with Crippen LogP contribution in [0.5, 0.6) is 0 Å². The van der Waals surface area contributed by atoms with Gasteiger partial charge >= 0.3 is 0 Å². The SMILES string of the molecule is NS(=O)(=O)C1CN(C(=O)c2cc3cc(F)ccc3s2)C1. The zero-order valence-corrected chi connectivity index (χ0v) is 11.9. The minimum atomic E-state index is -3.59. The fourth-order valence-electron chi connectivity index (χ4n) is 2.09. The average molecular weight is 314 g/mol. The Balaban J connectivity index is 1.80. The lowest BCUT2D eigenvalue weighted by atomic mass is 10.2. The molecular weight excluding hydrogens is 303 g/mol. The number of nitrogens with zero attached hydrogens (tertiary/aromatic N) is 1. The third-order valence-corrected chi connectivity index (χ3v) is 5.62. The quantitative estimate of drug-likeness (QED) is 0.903. The highest BCUT2D eigenvalue weighted by atomic mass is 32.2. The molecule has 106 valence electrons. The van der Waals surface area contributed by atoms with E-state index in [1.165, 1.54) is 28.4 Å². The first-order valence-electron chi connectivity index (χ1n) is 5.84. The molecule has 2 N–H and O–H groups in total. The Morgan fingerprint density at radius 1 is 1.35 bits per heavy atom. The zero-order valence-electron chi connectivity index (χ0n) is 10.2. The topological polar surface area (TPSA) is 80.5 Å². The van der Waals surface area contributed by atoms with Crippen LogP contribution in [0.25, 0.3) is 10.1 Å². The van der Waals surface area contributed by atoms with Gasteiger partial charge in [-0.3, -0.25) is 4.79 Å². The first-order valence-corrected chi connectivity index (χ1v) is 8.27. The first-order chi connectivity index (χ1) is 9.34. The minimum absolute atomic E-state index is 0.111. The summed E-state index contributed by atoms with van der Waals surface area (Å²) in [5.41, 5.74) is 0. The Morgan fingerprint density at radius 2 is 2.05 bits per heavy atom. The van der Waals surface area contributed by atoms with Gasteiger partial charge in [0.1, 0.15) is 11.1 Å². The molecule has 1 aromatic heterocycles. The first kappa shape index (κ1) is 13.5. The van der Waals surface area contributed by atoms with Gasteiger partial charge in [-0.05, 0) is 29.7 Å². The van der Waals surface area contributed by atoms with Crippen LogP contribution in [0, 0.1) is 5.82 Å². The molecule has 8 heteroatoms. The van der Waals surface area contributed by atoms with Crippen molar-refractivity contribution in [3.05, 3.63) is 35.0 Å². The molecule has 1 saturated heterocycles. The monoisotopic (exact) mass is 314 g/mol. The number of carbonyl (C=O) groups excluding carboxylic acids is 1. The second-order valence-corrected chi connectivity index (χ2v) is 7.64. The van der Waals surface area contributed by atoms with Gasteiger partial charge in [0.15, 0.2) is 0 Å². The second-order valence-electron chi connectivity index (χ2n) is 4.71. The van der Waals surface area contributed by atoms with Crippen molar-refractivity contribution in [2.24, 2.45) is 5.14 Å². The number of fused-ring (bicyclic) bond motifs is 1. The van der Waals surface area contributed by atoms with Crippen molar-refractivity contribution in [2.75, 3.05) is 13.1 Å². The van der Waals surface area contributed by atoms with E-state index in [-0.39, 0.29) is 24.8 Å². The molecule has 5 nitrogen and oxygen atoms in total. The van der Waals surface area contributed by atoms with Gasteiger partial charge in [-0.2, -0.15) is 0 Å². The summed E-state index contributed by atoms with van der Waals surface area (Å²) in [6.45, 7) is 0.223. The smallest absolute Gasteiger partial charge is 0.264 e. The lowest BCUT2D eigenvalue weighted by molar-refractivity contribution is 0.0664. The van der Waals surface area contributed by atoms with E-state index in [1.807, 2.05) is 0 Å². The minimum Gasteiger partial charge on any atom is -0.335 e. The van der Waals surface area contributed by atoms with Crippen molar-refractivity contribution in [1.82, 2.24) is 4.90 Å². The van der Waals surface area contributed by atoms with Crippen LogP contribution in [-0.4, -0.2) is 37.6 Å². The number of rotatable bonds is 2. The molecule has 2 heterocycles. The maximum atomic E-state index is 13.1. The van der Waals surface area contributed by atoms with E-state index in [0.717, 1.165) is 4.70 Å². The van der Waals surface area contributed by atoms with Crippen LogP contribution in [0.4, 0.5) is 4.39 Å². The van der Waals surface area contributed by atoms with Gasteiger partial charge < -0.3 is 4.90 Å². The van der Waals surface area contributed by atoms with Crippen molar-refractivity contribution < 1.29 is 17.6 Å². The maximum Gasteiger partial charge on any atom is 0.264 e. The van der Waals surface area contributed by atoms with E-state index in [4.69, 9.17) is 5.14 Å². The Bertz CT molecular complexity index is 794. The number of likely N-dealkylation sites (tertiary alicyclic amines) is 1. The van der Waals surface area contributed by atoms with Gasteiger partial charge in [-0.1, -0.05) is 0 Å². The van der Waals surface area contributed by atoms with Crippen LogP contribution in [0.15, 0.2) is 24.3 Å². The van der Waals surface area contributed by atoms with E-state index < -0.39 is 15.3 Å². The van der Waals surface area contributed by atoms with E-state index in [9.17, 15) is 17.6 Å². The summed E-state index contributed by atoms with van der Waals surface area (Å²) in [5, 5.41) is 5.00. The molecule has 20 heavy (non-hydrogen) atoms. The van der Waals surface area contributed by atoms with Crippen molar-refractivity contribution in [3.8, 4) is 0 Å². The Morgan fingerprint density at radius 3 is 2.70 bits per heavy atom. The van der Waals surface area contributed by atoms with Gasteiger partial charge in [0.05, 0.1) is 4.88 Å². The number of nitrogens with two attached hydrogens (primary N) is 1. The summed E-state index contributed by atoms with van der Waals surface area (Å²) in [6.07, 6.45) is 0. The molecule has 0 unspecified atom stereocenters. The summed E-state index contributed by atoms with van der Waals surface area (Å²) in [4.78, 5) is 14.1.